The molecule has 1 aliphatic rings. The molecule has 6 nitrogen and oxygen atoms in total. The average molecular weight is 440 g/mol. The highest BCUT2D eigenvalue weighted by Crippen LogP contribution is 2.40. The molecule has 4 heterocycles. The fraction of sp³-hybridized carbons (Fsp3) is 0.158. The Kier molecular flexibility index (Phi) is 4.21. The van der Waals surface area contributed by atoms with Gasteiger partial charge in [-0.3, -0.25) is 4.98 Å². The largest absolute Gasteiger partial charge is 0.492 e. The summed E-state index contributed by atoms with van der Waals surface area (Å²) in [4.78, 5) is 14.7. The first-order chi connectivity index (χ1) is 13.3. The first-order valence-electron chi connectivity index (χ1n) is 8.47. The maximum Gasteiger partial charge on any atom is 0.187 e. The molecule has 0 saturated carbocycles. The second kappa shape index (κ2) is 6.86. The molecule has 27 heavy (non-hydrogen) atoms. The third kappa shape index (κ3) is 3.15. The number of thiazole rings is 1. The van der Waals surface area contributed by atoms with Crippen molar-refractivity contribution < 1.29 is 4.74 Å². The molecule has 1 aliphatic heterocycles. The number of fused-ring (bicyclic) bond motifs is 3. The quantitative estimate of drug-likeness (QED) is 0.478. The van der Waals surface area contributed by atoms with Gasteiger partial charge in [0.25, 0.3) is 0 Å². The molecule has 0 saturated heterocycles. The summed E-state index contributed by atoms with van der Waals surface area (Å²) in [6.45, 7) is 1.27. The molecule has 0 radical (unpaired) electrons. The van der Waals surface area contributed by atoms with E-state index in [2.05, 4.69) is 37.1 Å². The Morgan fingerprint density at radius 1 is 1.19 bits per heavy atom. The van der Waals surface area contributed by atoms with Gasteiger partial charge in [-0.05, 0) is 35.9 Å². The summed E-state index contributed by atoms with van der Waals surface area (Å²) in [7, 11) is 0. The molecule has 1 aromatic carbocycles. The zero-order chi connectivity index (χ0) is 18.2. The van der Waals surface area contributed by atoms with E-state index in [4.69, 9.17) is 9.72 Å². The topological polar surface area (TPSA) is 65.7 Å². The molecule has 0 N–H and O–H groups in total. The molecule has 3 aromatic heterocycles. The summed E-state index contributed by atoms with van der Waals surface area (Å²) in [6, 6.07) is 10.0. The fourth-order valence-corrected chi connectivity index (χ4v) is 4.50. The van der Waals surface area contributed by atoms with E-state index in [9.17, 15) is 0 Å². The first-order valence-corrected chi connectivity index (χ1v) is 10.1. The van der Waals surface area contributed by atoms with E-state index in [1.165, 1.54) is 4.88 Å². The van der Waals surface area contributed by atoms with Crippen LogP contribution >= 0.6 is 27.3 Å². The monoisotopic (exact) mass is 439 g/mol. The lowest BCUT2D eigenvalue weighted by atomic mass is 10.1. The Morgan fingerprint density at radius 2 is 2.07 bits per heavy atom. The summed E-state index contributed by atoms with van der Waals surface area (Å²) in [5, 5.41) is 5.27. The van der Waals surface area contributed by atoms with Gasteiger partial charge in [-0.2, -0.15) is 5.10 Å². The Morgan fingerprint density at radius 3 is 2.96 bits per heavy atom. The van der Waals surface area contributed by atoms with Crippen molar-refractivity contribution in [3.63, 3.8) is 0 Å². The molecule has 0 amide bonds. The summed E-state index contributed by atoms with van der Waals surface area (Å²) >= 11 is 5.17. The molecule has 0 spiro atoms. The second-order valence-electron chi connectivity index (χ2n) is 6.13. The lowest BCUT2D eigenvalue weighted by Gasteiger charge is -2.07. The van der Waals surface area contributed by atoms with Gasteiger partial charge in [0, 0.05) is 33.7 Å². The van der Waals surface area contributed by atoms with Crippen molar-refractivity contribution in [3.05, 3.63) is 64.0 Å². The number of nitrogens with zero attached hydrogens (tertiary/aromatic N) is 5. The smallest absolute Gasteiger partial charge is 0.187 e. The van der Waals surface area contributed by atoms with Crippen molar-refractivity contribution in [2.24, 2.45) is 0 Å². The van der Waals surface area contributed by atoms with Crippen LogP contribution in [0.15, 0.2) is 53.5 Å². The maximum atomic E-state index is 5.90. The molecule has 5 rings (SSSR count). The molecule has 0 bridgehead atoms. The number of benzene rings is 1. The minimum Gasteiger partial charge on any atom is -0.492 e. The average Bonchev–Trinajstić information content (AvgIpc) is 3.26. The third-order valence-electron chi connectivity index (χ3n) is 4.37. The van der Waals surface area contributed by atoms with Crippen molar-refractivity contribution in [3.8, 4) is 27.8 Å². The van der Waals surface area contributed by atoms with Gasteiger partial charge in [0.05, 0.1) is 18.8 Å². The van der Waals surface area contributed by atoms with Crippen molar-refractivity contribution >= 4 is 27.3 Å². The van der Waals surface area contributed by atoms with Gasteiger partial charge in [-0.1, -0.05) is 15.9 Å². The number of rotatable bonds is 3. The van der Waals surface area contributed by atoms with Crippen LogP contribution in [0.4, 0.5) is 0 Å². The number of ether oxygens (including phenoxy) is 1. The Hall–Kier alpha value is -2.58. The zero-order valence-electron chi connectivity index (χ0n) is 14.2. The van der Waals surface area contributed by atoms with Gasteiger partial charge in [0.2, 0.25) is 0 Å². The summed E-state index contributed by atoms with van der Waals surface area (Å²) in [5.41, 5.74) is 3.13. The molecular formula is C19H14BrN5OS. The highest BCUT2D eigenvalue weighted by atomic mass is 79.9. The minimum atomic E-state index is 0.634. The van der Waals surface area contributed by atoms with E-state index in [0.717, 1.165) is 44.3 Å². The standard InChI is InChI=1S/C19H14BrN5OS/c20-13-1-2-14-15(9-13)26-8-5-16-17(14)24-19(27-16)18-22-11-23-25(18)10-12-3-6-21-7-4-12/h1-4,6-7,9,11H,5,8,10H2. The summed E-state index contributed by atoms with van der Waals surface area (Å²) < 4.78 is 8.78. The Bertz CT molecular complexity index is 1110. The third-order valence-corrected chi connectivity index (χ3v) is 5.98. The molecule has 4 aromatic rings. The number of hydrogen-bond donors (Lipinski definition) is 0. The van der Waals surface area contributed by atoms with Crippen LogP contribution < -0.4 is 4.74 Å². The number of halogens is 1. The molecule has 0 atom stereocenters. The van der Waals surface area contributed by atoms with Gasteiger partial charge in [0.15, 0.2) is 10.8 Å². The molecule has 0 unspecified atom stereocenters. The van der Waals surface area contributed by atoms with Crippen LogP contribution in [-0.2, 0) is 13.0 Å². The van der Waals surface area contributed by atoms with Crippen LogP contribution in [0.2, 0.25) is 0 Å². The predicted molar refractivity (Wildman–Crippen MR) is 107 cm³/mol. The summed E-state index contributed by atoms with van der Waals surface area (Å²) in [6.07, 6.45) is 5.98. The molecular weight excluding hydrogens is 426 g/mol. The maximum absolute atomic E-state index is 5.90. The highest BCUT2D eigenvalue weighted by molar-refractivity contribution is 9.10. The van der Waals surface area contributed by atoms with Crippen molar-refractivity contribution in [2.45, 2.75) is 13.0 Å². The lowest BCUT2D eigenvalue weighted by molar-refractivity contribution is 0.327. The van der Waals surface area contributed by atoms with Crippen molar-refractivity contribution in [1.29, 1.82) is 0 Å². The second-order valence-corrected chi connectivity index (χ2v) is 8.13. The van der Waals surface area contributed by atoms with Crippen LogP contribution in [0.25, 0.3) is 22.1 Å². The van der Waals surface area contributed by atoms with E-state index >= 15 is 0 Å². The summed E-state index contributed by atoms with van der Waals surface area (Å²) in [5.74, 6) is 1.64. The van der Waals surface area contributed by atoms with Gasteiger partial charge in [-0.25, -0.2) is 14.6 Å². The van der Waals surface area contributed by atoms with Crippen LogP contribution in [-0.4, -0.2) is 31.3 Å². The fourth-order valence-electron chi connectivity index (χ4n) is 3.10. The van der Waals surface area contributed by atoms with E-state index in [1.54, 1.807) is 30.1 Å². The number of pyridine rings is 1. The van der Waals surface area contributed by atoms with Gasteiger partial charge in [0.1, 0.15) is 12.1 Å². The van der Waals surface area contributed by atoms with Gasteiger partial charge in [-0.15, -0.1) is 11.3 Å². The van der Waals surface area contributed by atoms with Crippen LogP contribution in [0.5, 0.6) is 5.75 Å². The van der Waals surface area contributed by atoms with Gasteiger partial charge >= 0.3 is 0 Å². The molecule has 134 valence electrons. The van der Waals surface area contributed by atoms with Crippen molar-refractivity contribution in [2.75, 3.05) is 6.61 Å². The van der Waals surface area contributed by atoms with Gasteiger partial charge < -0.3 is 4.74 Å². The van der Waals surface area contributed by atoms with Crippen molar-refractivity contribution in [1.82, 2.24) is 24.7 Å². The Balaban J connectivity index is 1.55. The minimum absolute atomic E-state index is 0.634. The normalized spacial score (nSPS) is 12.8. The van der Waals surface area contributed by atoms with E-state index < -0.39 is 0 Å². The van der Waals surface area contributed by atoms with E-state index in [0.29, 0.717) is 13.2 Å². The zero-order valence-corrected chi connectivity index (χ0v) is 16.6. The highest BCUT2D eigenvalue weighted by Gasteiger charge is 2.23. The first kappa shape index (κ1) is 16.6. The van der Waals surface area contributed by atoms with E-state index in [-0.39, 0.29) is 0 Å². The van der Waals surface area contributed by atoms with Crippen LogP contribution in [0.3, 0.4) is 0 Å². The lowest BCUT2D eigenvalue weighted by Crippen LogP contribution is -2.04. The van der Waals surface area contributed by atoms with Crippen LogP contribution in [0.1, 0.15) is 10.4 Å². The number of hydrogen-bond acceptors (Lipinski definition) is 6. The molecule has 0 aliphatic carbocycles. The molecule has 0 fully saturated rings. The van der Waals surface area contributed by atoms with Crippen LogP contribution in [0, 0.1) is 0 Å². The SMILES string of the molecule is Brc1ccc2c(c1)OCCc1sc(-c3ncnn3Cc3ccncc3)nc1-2. The Labute approximate surface area is 168 Å². The van der Waals surface area contributed by atoms with E-state index in [1.807, 2.05) is 28.9 Å². The predicted octanol–water partition coefficient (Wildman–Crippen LogP) is 4.21. The number of aromatic nitrogens is 5. The molecule has 8 heteroatoms.